The van der Waals surface area contributed by atoms with Crippen molar-refractivity contribution in [2.75, 3.05) is 6.54 Å². The molecule has 0 aliphatic carbocycles. The van der Waals surface area contributed by atoms with Gasteiger partial charge in [-0.25, -0.2) is 0 Å². The third kappa shape index (κ3) is 5.88. The highest BCUT2D eigenvalue weighted by atomic mass is 79.9. The highest BCUT2D eigenvalue weighted by Gasteiger charge is 2.26. The molecule has 2 heterocycles. The van der Waals surface area contributed by atoms with E-state index in [1.807, 2.05) is 68.1 Å². The van der Waals surface area contributed by atoms with Gasteiger partial charge in [-0.1, -0.05) is 22.9 Å². The molecule has 0 saturated carbocycles. The van der Waals surface area contributed by atoms with Crippen LogP contribution in [0.1, 0.15) is 42.1 Å². The van der Waals surface area contributed by atoms with Crippen LogP contribution >= 0.6 is 15.9 Å². The van der Waals surface area contributed by atoms with Gasteiger partial charge in [0.25, 0.3) is 5.91 Å². The Morgan fingerprint density at radius 2 is 1.84 bits per heavy atom. The Kier molecular flexibility index (Phi) is 7.74. The van der Waals surface area contributed by atoms with Crippen LogP contribution in [-0.2, 0) is 24.9 Å². The summed E-state index contributed by atoms with van der Waals surface area (Å²) in [6.45, 7) is 4.77. The lowest BCUT2D eigenvalue weighted by Gasteiger charge is -2.31. The lowest BCUT2D eigenvalue weighted by molar-refractivity contribution is -0.134. The summed E-state index contributed by atoms with van der Waals surface area (Å²) < 4.78 is 8.37. The minimum Gasteiger partial charge on any atom is -0.467 e. The van der Waals surface area contributed by atoms with Crippen molar-refractivity contribution >= 4 is 27.7 Å². The predicted octanol–water partition coefficient (Wildman–Crippen LogP) is 4.85. The Bertz CT molecular complexity index is 996. The second-order valence-electron chi connectivity index (χ2n) is 7.64. The lowest BCUT2D eigenvalue weighted by atomic mass is 10.1. The maximum Gasteiger partial charge on any atom is 0.254 e. The molecule has 164 valence electrons. The fourth-order valence-corrected chi connectivity index (χ4v) is 3.60. The minimum absolute atomic E-state index is 0.00896. The Hall–Kier alpha value is -2.80. The fraction of sp³-hybridized carbons (Fsp3) is 0.333. The number of nitrogens with zero attached hydrogens (tertiary/aromatic N) is 3. The van der Waals surface area contributed by atoms with Gasteiger partial charge in [0.1, 0.15) is 12.3 Å². The van der Waals surface area contributed by atoms with E-state index in [-0.39, 0.29) is 24.4 Å². The van der Waals surface area contributed by atoms with Crippen LogP contribution in [0.2, 0.25) is 0 Å². The Morgan fingerprint density at radius 1 is 1.10 bits per heavy atom. The van der Waals surface area contributed by atoms with Gasteiger partial charge in [-0.15, -0.1) is 0 Å². The van der Waals surface area contributed by atoms with Crippen LogP contribution in [0.4, 0.5) is 0 Å². The van der Waals surface area contributed by atoms with E-state index in [1.54, 1.807) is 28.2 Å². The van der Waals surface area contributed by atoms with Crippen LogP contribution in [0, 0.1) is 0 Å². The summed E-state index contributed by atoms with van der Waals surface area (Å²) >= 11 is 3.40. The number of amides is 2. The largest absolute Gasteiger partial charge is 0.467 e. The van der Waals surface area contributed by atoms with E-state index >= 15 is 0 Å². The molecule has 0 saturated heterocycles. The Balaban J connectivity index is 1.82. The molecular formula is C24H28BrN3O3. The summed E-state index contributed by atoms with van der Waals surface area (Å²) in [6, 6.07) is 14.8. The first-order valence-corrected chi connectivity index (χ1v) is 11.1. The van der Waals surface area contributed by atoms with Crippen molar-refractivity contribution in [3.8, 4) is 0 Å². The fourth-order valence-electron chi connectivity index (χ4n) is 3.33. The lowest BCUT2D eigenvalue weighted by Crippen LogP contribution is -2.46. The molecule has 3 aromatic rings. The van der Waals surface area contributed by atoms with Crippen LogP contribution in [0.25, 0.3) is 0 Å². The number of carbonyl (C=O) groups excluding carboxylic acids is 2. The minimum atomic E-state index is -0.146. The van der Waals surface area contributed by atoms with E-state index in [1.165, 1.54) is 0 Å². The van der Waals surface area contributed by atoms with Crippen LogP contribution < -0.4 is 0 Å². The van der Waals surface area contributed by atoms with E-state index in [4.69, 9.17) is 4.42 Å². The molecule has 3 rings (SSSR count). The van der Waals surface area contributed by atoms with Gasteiger partial charge in [0, 0.05) is 35.0 Å². The Labute approximate surface area is 191 Å². The molecule has 0 aliphatic heterocycles. The zero-order chi connectivity index (χ0) is 22.4. The van der Waals surface area contributed by atoms with E-state index in [0.717, 1.165) is 16.6 Å². The number of halogens is 1. The molecule has 0 fully saturated rings. The molecule has 2 aromatic heterocycles. The molecule has 6 nitrogen and oxygen atoms in total. The summed E-state index contributed by atoms with van der Waals surface area (Å²) in [5.74, 6) is 0.437. The first-order chi connectivity index (χ1) is 14.9. The molecule has 1 aromatic carbocycles. The maximum absolute atomic E-state index is 13.4. The topological polar surface area (TPSA) is 58.7 Å². The van der Waals surface area contributed by atoms with Gasteiger partial charge >= 0.3 is 0 Å². The van der Waals surface area contributed by atoms with Gasteiger partial charge in [-0.2, -0.15) is 0 Å². The van der Waals surface area contributed by atoms with Crippen LogP contribution in [-0.4, -0.2) is 38.8 Å². The van der Waals surface area contributed by atoms with Gasteiger partial charge in [0.2, 0.25) is 5.91 Å². The predicted molar refractivity (Wildman–Crippen MR) is 123 cm³/mol. The molecule has 0 spiro atoms. The number of furan rings is 1. The molecular weight excluding hydrogens is 458 g/mol. The number of hydrogen-bond donors (Lipinski definition) is 0. The summed E-state index contributed by atoms with van der Waals surface area (Å²) in [5.41, 5.74) is 1.57. The maximum atomic E-state index is 13.4. The van der Waals surface area contributed by atoms with Crippen molar-refractivity contribution in [1.29, 1.82) is 0 Å². The highest BCUT2D eigenvalue weighted by molar-refractivity contribution is 9.10. The van der Waals surface area contributed by atoms with Crippen molar-refractivity contribution < 1.29 is 14.0 Å². The summed E-state index contributed by atoms with van der Waals surface area (Å²) in [5, 5.41) is 0. The Morgan fingerprint density at radius 3 is 2.42 bits per heavy atom. The monoisotopic (exact) mass is 485 g/mol. The second kappa shape index (κ2) is 10.5. The zero-order valence-electron chi connectivity index (χ0n) is 18.1. The summed E-state index contributed by atoms with van der Waals surface area (Å²) in [4.78, 5) is 30.0. The molecule has 7 heteroatoms. The third-order valence-corrected chi connectivity index (χ3v) is 5.99. The molecule has 0 bridgehead atoms. The van der Waals surface area contributed by atoms with Gasteiger partial charge in [0.05, 0.1) is 19.4 Å². The van der Waals surface area contributed by atoms with Crippen molar-refractivity contribution in [3.63, 3.8) is 0 Å². The number of hydrogen-bond acceptors (Lipinski definition) is 3. The van der Waals surface area contributed by atoms with E-state index in [0.29, 0.717) is 24.4 Å². The SMILES string of the molecule is CCC(C)N(CC(=O)N(Cc1ccco1)Cc1cccn1C)C(=O)c1ccc(Br)cc1. The van der Waals surface area contributed by atoms with Crippen LogP contribution in [0.5, 0.6) is 0 Å². The second-order valence-corrected chi connectivity index (χ2v) is 8.55. The van der Waals surface area contributed by atoms with Crippen molar-refractivity contribution in [2.24, 2.45) is 7.05 Å². The van der Waals surface area contributed by atoms with E-state index < -0.39 is 0 Å². The first-order valence-electron chi connectivity index (χ1n) is 10.4. The molecule has 0 aliphatic rings. The van der Waals surface area contributed by atoms with Gasteiger partial charge < -0.3 is 18.8 Å². The highest BCUT2D eigenvalue weighted by Crippen LogP contribution is 2.17. The molecule has 2 amide bonds. The van der Waals surface area contributed by atoms with Crippen LogP contribution in [0.3, 0.4) is 0 Å². The van der Waals surface area contributed by atoms with Gasteiger partial charge in [-0.3, -0.25) is 9.59 Å². The van der Waals surface area contributed by atoms with Crippen LogP contribution in [0.15, 0.2) is 69.9 Å². The quantitative estimate of drug-likeness (QED) is 0.435. The number of aromatic nitrogens is 1. The first kappa shape index (κ1) is 22.9. The third-order valence-electron chi connectivity index (χ3n) is 5.46. The van der Waals surface area contributed by atoms with Gasteiger partial charge in [-0.05, 0) is 61.9 Å². The van der Waals surface area contributed by atoms with E-state index in [2.05, 4.69) is 15.9 Å². The summed E-state index contributed by atoms with van der Waals surface area (Å²) in [6.07, 6.45) is 4.31. The zero-order valence-corrected chi connectivity index (χ0v) is 19.7. The number of carbonyl (C=O) groups is 2. The molecule has 31 heavy (non-hydrogen) atoms. The average molecular weight is 486 g/mol. The number of rotatable bonds is 9. The molecule has 1 unspecified atom stereocenters. The summed E-state index contributed by atoms with van der Waals surface area (Å²) in [7, 11) is 1.95. The average Bonchev–Trinajstić information content (AvgIpc) is 3.42. The van der Waals surface area contributed by atoms with Crippen molar-refractivity contribution in [2.45, 2.75) is 39.4 Å². The van der Waals surface area contributed by atoms with Crippen molar-refractivity contribution in [3.05, 3.63) is 82.5 Å². The molecule has 1 atom stereocenters. The normalized spacial score (nSPS) is 11.9. The number of benzene rings is 1. The molecule has 0 radical (unpaired) electrons. The standard InChI is InChI=1S/C24H28BrN3O3/c1-4-18(2)28(24(30)19-9-11-20(25)12-10-19)17-23(29)27(16-22-8-6-14-31-22)15-21-7-5-13-26(21)3/h5-14,18H,4,15-17H2,1-3H3. The molecule has 0 N–H and O–H groups in total. The van der Waals surface area contributed by atoms with Gasteiger partial charge in [0.15, 0.2) is 0 Å². The van der Waals surface area contributed by atoms with Crippen molar-refractivity contribution in [1.82, 2.24) is 14.4 Å². The smallest absolute Gasteiger partial charge is 0.254 e. The number of aryl methyl sites for hydroxylation is 1. The van der Waals surface area contributed by atoms with E-state index in [9.17, 15) is 9.59 Å².